The van der Waals surface area contributed by atoms with E-state index in [2.05, 4.69) is 20.3 Å². The van der Waals surface area contributed by atoms with Gasteiger partial charge >= 0.3 is 0 Å². The van der Waals surface area contributed by atoms with Crippen molar-refractivity contribution in [2.75, 3.05) is 5.32 Å². The number of amides is 1. The summed E-state index contributed by atoms with van der Waals surface area (Å²) in [6.07, 6.45) is 3.46. The zero-order chi connectivity index (χ0) is 18.8. The fourth-order valence-electron chi connectivity index (χ4n) is 2.56. The van der Waals surface area contributed by atoms with Gasteiger partial charge in [-0.2, -0.15) is 0 Å². The number of aryl methyl sites for hydroxylation is 2. The molecule has 7 heteroatoms. The molecule has 3 heterocycles. The van der Waals surface area contributed by atoms with Crippen molar-refractivity contribution in [3.63, 3.8) is 0 Å². The van der Waals surface area contributed by atoms with Gasteiger partial charge in [0.1, 0.15) is 9.88 Å². The molecule has 0 aliphatic carbocycles. The molecule has 1 amide bonds. The Morgan fingerprint density at radius 1 is 1.04 bits per heavy atom. The van der Waals surface area contributed by atoms with Gasteiger partial charge in [0.15, 0.2) is 5.13 Å². The number of nitrogens with zero attached hydrogens (tertiary/aromatic N) is 3. The molecule has 0 spiro atoms. The Hall–Kier alpha value is -2.90. The summed E-state index contributed by atoms with van der Waals surface area (Å²) >= 11 is 2.77. The van der Waals surface area contributed by atoms with E-state index in [0.717, 1.165) is 21.8 Å². The summed E-state index contributed by atoms with van der Waals surface area (Å²) in [6.45, 7) is 3.89. The summed E-state index contributed by atoms with van der Waals surface area (Å²) in [5.41, 5.74) is 4.69. The predicted octanol–water partition coefficient (Wildman–Crippen LogP) is 5.20. The van der Waals surface area contributed by atoms with E-state index < -0.39 is 0 Å². The number of hydrogen-bond acceptors (Lipinski definition) is 6. The second-order valence-electron chi connectivity index (χ2n) is 6.03. The maximum atomic E-state index is 12.7. The summed E-state index contributed by atoms with van der Waals surface area (Å²) in [7, 11) is 0. The van der Waals surface area contributed by atoms with E-state index in [1.165, 1.54) is 28.2 Å². The van der Waals surface area contributed by atoms with Crippen LogP contribution in [0.15, 0.2) is 54.2 Å². The van der Waals surface area contributed by atoms with Crippen molar-refractivity contribution in [2.24, 2.45) is 0 Å². The molecule has 0 aliphatic rings. The number of carbonyl (C=O) groups excluding carboxylic acids is 1. The van der Waals surface area contributed by atoms with Gasteiger partial charge in [-0.05, 0) is 26.0 Å². The highest BCUT2D eigenvalue weighted by atomic mass is 32.1. The first kappa shape index (κ1) is 17.5. The average molecular weight is 393 g/mol. The molecule has 0 radical (unpaired) electrons. The Balaban J connectivity index is 1.53. The van der Waals surface area contributed by atoms with Gasteiger partial charge in [-0.3, -0.25) is 15.1 Å². The Bertz CT molecular complexity index is 1080. The number of rotatable bonds is 4. The van der Waals surface area contributed by atoms with Crippen molar-refractivity contribution in [1.29, 1.82) is 0 Å². The molecule has 0 saturated heterocycles. The standard InChI is InChI=1S/C20H16N4OS2/c1-12-5-7-14(8-6-12)16-11-26-20(23-16)24-18(25)17-13(2)22-19(27-17)15-4-3-9-21-10-15/h3-11H,1-2H3,(H,23,24,25). The first-order valence-electron chi connectivity index (χ1n) is 8.32. The second-order valence-corrected chi connectivity index (χ2v) is 7.89. The summed E-state index contributed by atoms with van der Waals surface area (Å²) in [6, 6.07) is 11.9. The van der Waals surface area contributed by atoms with Crippen LogP contribution in [0.25, 0.3) is 21.8 Å². The van der Waals surface area contributed by atoms with E-state index in [1.54, 1.807) is 12.4 Å². The lowest BCUT2D eigenvalue weighted by atomic mass is 10.1. The minimum atomic E-state index is -0.190. The van der Waals surface area contributed by atoms with Crippen LogP contribution in [0.5, 0.6) is 0 Å². The summed E-state index contributed by atoms with van der Waals surface area (Å²) < 4.78 is 0. The minimum absolute atomic E-state index is 0.190. The molecular formula is C20H16N4OS2. The summed E-state index contributed by atoms with van der Waals surface area (Å²) in [5, 5.41) is 6.19. The fourth-order valence-corrected chi connectivity index (χ4v) is 4.23. The lowest BCUT2D eigenvalue weighted by Crippen LogP contribution is -2.11. The van der Waals surface area contributed by atoms with E-state index in [0.29, 0.717) is 15.7 Å². The van der Waals surface area contributed by atoms with Crippen LogP contribution in [0, 0.1) is 13.8 Å². The molecule has 0 aliphatic heterocycles. The number of nitrogens with one attached hydrogen (secondary N) is 1. The van der Waals surface area contributed by atoms with Crippen LogP contribution in [0.2, 0.25) is 0 Å². The predicted molar refractivity (Wildman–Crippen MR) is 110 cm³/mol. The van der Waals surface area contributed by atoms with Gasteiger partial charge in [0.05, 0.1) is 11.4 Å². The molecule has 27 heavy (non-hydrogen) atoms. The van der Waals surface area contributed by atoms with Crippen LogP contribution in [-0.4, -0.2) is 20.9 Å². The van der Waals surface area contributed by atoms with Gasteiger partial charge in [0.2, 0.25) is 0 Å². The third kappa shape index (κ3) is 3.79. The summed E-state index contributed by atoms with van der Waals surface area (Å²) in [5.74, 6) is -0.190. The van der Waals surface area contributed by atoms with Crippen molar-refractivity contribution in [1.82, 2.24) is 15.0 Å². The number of aromatic nitrogens is 3. The van der Waals surface area contributed by atoms with Crippen LogP contribution in [0.3, 0.4) is 0 Å². The topological polar surface area (TPSA) is 67.8 Å². The molecule has 5 nitrogen and oxygen atoms in total. The third-order valence-electron chi connectivity index (χ3n) is 3.98. The maximum absolute atomic E-state index is 12.7. The van der Waals surface area contributed by atoms with Crippen LogP contribution >= 0.6 is 22.7 Å². The number of benzene rings is 1. The third-order valence-corrected chi connectivity index (χ3v) is 5.95. The van der Waals surface area contributed by atoms with Crippen LogP contribution in [-0.2, 0) is 0 Å². The van der Waals surface area contributed by atoms with Crippen LogP contribution in [0.1, 0.15) is 20.9 Å². The second kappa shape index (κ2) is 7.38. The van der Waals surface area contributed by atoms with Crippen molar-refractivity contribution in [3.05, 3.63) is 70.3 Å². The van der Waals surface area contributed by atoms with Crippen LogP contribution in [0.4, 0.5) is 5.13 Å². The van der Waals surface area contributed by atoms with Crippen molar-refractivity contribution in [2.45, 2.75) is 13.8 Å². The molecular weight excluding hydrogens is 376 g/mol. The Labute approximate surface area is 164 Å². The van der Waals surface area contributed by atoms with Crippen molar-refractivity contribution in [3.8, 4) is 21.8 Å². The van der Waals surface area contributed by atoms with Gasteiger partial charge in [0.25, 0.3) is 5.91 Å². The molecule has 0 unspecified atom stereocenters. The number of anilines is 1. The first-order chi connectivity index (χ1) is 13.1. The monoisotopic (exact) mass is 392 g/mol. The highest BCUT2D eigenvalue weighted by Gasteiger charge is 2.18. The van der Waals surface area contributed by atoms with Crippen LogP contribution < -0.4 is 5.32 Å². The van der Waals surface area contributed by atoms with Gasteiger partial charge in [-0.15, -0.1) is 22.7 Å². The molecule has 0 atom stereocenters. The molecule has 1 N–H and O–H groups in total. The van der Waals surface area contributed by atoms with Gasteiger partial charge < -0.3 is 0 Å². The van der Waals surface area contributed by atoms with Crippen molar-refractivity contribution >= 4 is 33.7 Å². The Morgan fingerprint density at radius 3 is 2.59 bits per heavy atom. The maximum Gasteiger partial charge on any atom is 0.269 e. The zero-order valence-electron chi connectivity index (χ0n) is 14.8. The van der Waals surface area contributed by atoms with E-state index in [-0.39, 0.29) is 5.91 Å². The minimum Gasteiger partial charge on any atom is -0.297 e. The highest BCUT2D eigenvalue weighted by Crippen LogP contribution is 2.29. The van der Waals surface area contributed by atoms with E-state index in [1.807, 2.05) is 55.6 Å². The van der Waals surface area contributed by atoms with E-state index in [4.69, 9.17) is 0 Å². The SMILES string of the molecule is Cc1ccc(-c2csc(NC(=O)c3sc(-c4cccnc4)nc3C)n2)cc1. The lowest BCUT2D eigenvalue weighted by molar-refractivity contribution is 0.103. The largest absolute Gasteiger partial charge is 0.297 e. The molecule has 0 bridgehead atoms. The number of carbonyl (C=O) groups is 1. The number of pyridine rings is 1. The van der Waals surface area contributed by atoms with Crippen molar-refractivity contribution < 1.29 is 4.79 Å². The quantitative estimate of drug-likeness (QED) is 0.518. The molecule has 4 aromatic rings. The van der Waals surface area contributed by atoms with Gasteiger partial charge in [-0.1, -0.05) is 29.8 Å². The summed E-state index contributed by atoms with van der Waals surface area (Å²) in [4.78, 5) is 26.4. The van der Waals surface area contributed by atoms with E-state index in [9.17, 15) is 4.79 Å². The molecule has 134 valence electrons. The van der Waals surface area contributed by atoms with Gasteiger partial charge in [0, 0.05) is 28.9 Å². The number of thiazole rings is 2. The zero-order valence-corrected chi connectivity index (χ0v) is 16.4. The Kier molecular flexibility index (Phi) is 4.79. The number of hydrogen-bond donors (Lipinski definition) is 1. The van der Waals surface area contributed by atoms with E-state index >= 15 is 0 Å². The molecule has 0 saturated carbocycles. The molecule has 0 fully saturated rings. The molecule has 4 rings (SSSR count). The molecule has 3 aromatic heterocycles. The van der Waals surface area contributed by atoms with Gasteiger partial charge in [-0.25, -0.2) is 9.97 Å². The lowest BCUT2D eigenvalue weighted by Gasteiger charge is -2.00. The first-order valence-corrected chi connectivity index (χ1v) is 10.0. The smallest absolute Gasteiger partial charge is 0.269 e. The Morgan fingerprint density at radius 2 is 1.85 bits per heavy atom. The normalized spacial score (nSPS) is 10.7. The fraction of sp³-hybridized carbons (Fsp3) is 0.100. The molecule has 1 aromatic carbocycles. The highest BCUT2D eigenvalue weighted by molar-refractivity contribution is 7.17. The average Bonchev–Trinajstić information content (AvgIpc) is 3.30.